The zero-order valence-electron chi connectivity index (χ0n) is 20.1. The molecule has 7 heteroatoms. The molecule has 2 heterocycles. The molecule has 33 heavy (non-hydrogen) atoms. The molecule has 3 aliphatic rings. The number of fused-ring (bicyclic) bond motifs is 1. The van der Waals surface area contributed by atoms with Crippen LogP contribution in [0.3, 0.4) is 0 Å². The average molecular weight is 456 g/mol. The predicted molar refractivity (Wildman–Crippen MR) is 126 cm³/mol. The van der Waals surface area contributed by atoms with E-state index in [1.807, 2.05) is 6.92 Å². The van der Waals surface area contributed by atoms with E-state index in [2.05, 4.69) is 35.7 Å². The Morgan fingerprint density at radius 2 is 2.06 bits per heavy atom. The number of carbonyl (C=O) groups is 1. The highest BCUT2D eigenvalue weighted by Crippen LogP contribution is 2.31. The Labute approximate surface area is 197 Å². The zero-order chi connectivity index (χ0) is 23.6. The topological polar surface area (TPSA) is 86.1 Å². The first-order valence-corrected chi connectivity index (χ1v) is 12.3. The number of rotatable bonds is 6. The summed E-state index contributed by atoms with van der Waals surface area (Å²) in [6, 6.07) is 1.40. The van der Waals surface area contributed by atoms with Crippen molar-refractivity contribution in [1.82, 2.24) is 14.8 Å². The van der Waals surface area contributed by atoms with Crippen LogP contribution in [-0.4, -0.2) is 81.9 Å². The summed E-state index contributed by atoms with van der Waals surface area (Å²) in [5.74, 6) is 6.99. The van der Waals surface area contributed by atoms with Crippen LogP contribution in [0.5, 0.6) is 5.88 Å². The summed E-state index contributed by atoms with van der Waals surface area (Å²) >= 11 is 0. The van der Waals surface area contributed by atoms with Crippen LogP contribution in [0, 0.1) is 23.7 Å². The Kier molecular flexibility index (Phi) is 7.28. The van der Waals surface area contributed by atoms with Crippen molar-refractivity contribution < 1.29 is 19.7 Å². The van der Waals surface area contributed by atoms with Gasteiger partial charge in [0.2, 0.25) is 5.88 Å². The van der Waals surface area contributed by atoms with E-state index >= 15 is 0 Å². The monoisotopic (exact) mass is 455 g/mol. The molecule has 2 N–H and O–H groups in total. The third-order valence-corrected chi connectivity index (χ3v) is 7.15. The largest absolute Gasteiger partial charge is 0.472 e. The fourth-order valence-corrected chi connectivity index (χ4v) is 4.78. The third kappa shape index (κ3) is 5.87. The molecule has 1 aliphatic heterocycles. The lowest BCUT2D eigenvalue weighted by Crippen LogP contribution is -2.50. The summed E-state index contributed by atoms with van der Waals surface area (Å²) in [4.78, 5) is 22.0. The first-order chi connectivity index (χ1) is 15.8. The lowest BCUT2D eigenvalue weighted by atomic mass is 9.99. The summed E-state index contributed by atoms with van der Waals surface area (Å²) in [5.41, 5.74) is -0.00423. The van der Waals surface area contributed by atoms with Crippen molar-refractivity contribution >= 4 is 5.91 Å². The second-order valence-corrected chi connectivity index (χ2v) is 10.4. The molecule has 7 nitrogen and oxygen atoms in total. The van der Waals surface area contributed by atoms with E-state index in [4.69, 9.17) is 4.74 Å². The van der Waals surface area contributed by atoms with Gasteiger partial charge >= 0.3 is 0 Å². The summed E-state index contributed by atoms with van der Waals surface area (Å²) < 4.78 is 6.35. The number of aliphatic hydroxyl groups excluding tert-OH is 1. The van der Waals surface area contributed by atoms with E-state index in [1.165, 1.54) is 12.8 Å². The van der Waals surface area contributed by atoms with Gasteiger partial charge in [0.1, 0.15) is 17.3 Å². The lowest BCUT2D eigenvalue weighted by Gasteiger charge is -2.37. The number of likely N-dealkylation sites (N-methyl/N-ethyl adjacent to an activating group) is 1. The SMILES string of the molecule is C[C@@H]1CN([C@@H](C)CO)C(=O)c2cc(C#CC3(O)CCCC3)cnc2O[C@@H]1CN(C)CC1CC1. The third-order valence-electron chi connectivity index (χ3n) is 7.15. The Morgan fingerprint density at radius 1 is 1.33 bits per heavy atom. The Morgan fingerprint density at radius 3 is 2.73 bits per heavy atom. The fourth-order valence-electron chi connectivity index (χ4n) is 4.78. The normalized spacial score (nSPS) is 25.5. The summed E-state index contributed by atoms with van der Waals surface area (Å²) in [6.07, 6.45) is 7.39. The van der Waals surface area contributed by atoms with E-state index in [9.17, 15) is 15.0 Å². The minimum absolute atomic E-state index is 0.0793. The molecule has 0 spiro atoms. The van der Waals surface area contributed by atoms with Crippen LogP contribution in [0.15, 0.2) is 12.3 Å². The molecule has 1 aromatic rings. The van der Waals surface area contributed by atoms with Gasteiger partial charge < -0.3 is 24.7 Å². The van der Waals surface area contributed by atoms with Crippen LogP contribution in [-0.2, 0) is 0 Å². The van der Waals surface area contributed by atoms with E-state index in [-0.39, 0.29) is 30.6 Å². The number of hydrogen-bond donors (Lipinski definition) is 2. The maximum Gasteiger partial charge on any atom is 0.259 e. The van der Waals surface area contributed by atoms with Crippen molar-refractivity contribution in [2.24, 2.45) is 11.8 Å². The van der Waals surface area contributed by atoms with Crippen molar-refractivity contribution in [3.8, 4) is 17.7 Å². The summed E-state index contributed by atoms with van der Waals surface area (Å²) in [7, 11) is 2.12. The van der Waals surface area contributed by atoms with Crippen molar-refractivity contribution in [2.45, 2.75) is 70.1 Å². The maximum absolute atomic E-state index is 13.5. The Bertz CT molecular complexity index is 914. The molecule has 0 bridgehead atoms. The van der Waals surface area contributed by atoms with Gasteiger partial charge in [-0.2, -0.15) is 0 Å². The standard InChI is InChI=1S/C26H37N3O4/c1-18-14-29(19(2)17-30)25(31)22-12-21(8-11-26(32)9-4-5-10-26)13-27-24(22)33-23(18)16-28(3)15-20-6-7-20/h12-13,18-20,23,30,32H,4-7,9-10,14-17H2,1-3H3/t18-,19+,23-/m1/s1. The molecule has 0 aromatic carbocycles. The molecule has 2 saturated carbocycles. The van der Waals surface area contributed by atoms with Crippen LogP contribution in [0.4, 0.5) is 0 Å². The van der Waals surface area contributed by atoms with E-state index in [0.717, 1.165) is 31.8 Å². The fraction of sp³-hybridized carbons (Fsp3) is 0.692. The molecule has 4 rings (SSSR count). The Balaban J connectivity index is 1.63. The van der Waals surface area contributed by atoms with Crippen molar-refractivity contribution in [2.75, 3.05) is 33.3 Å². The molecule has 0 unspecified atom stereocenters. The molecule has 2 fully saturated rings. The number of aromatic nitrogens is 1. The van der Waals surface area contributed by atoms with Crippen molar-refractivity contribution in [3.05, 3.63) is 23.4 Å². The Hall–Kier alpha value is -2.14. The van der Waals surface area contributed by atoms with E-state index < -0.39 is 5.60 Å². The molecule has 1 aromatic heterocycles. The molecule has 0 saturated heterocycles. The number of carbonyl (C=O) groups excluding carboxylic acids is 1. The minimum Gasteiger partial charge on any atom is -0.472 e. The van der Waals surface area contributed by atoms with Gasteiger partial charge in [-0.25, -0.2) is 4.98 Å². The molecule has 0 radical (unpaired) electrons. The zero-order valence-corrected chi connectivity index (χ0v) is 20.1. The lowest BCUT2D eigenvalue weighted by molar-refractivity contribution is 0.0327. The van der Waals surface area contributed by atoms with Gasteiger partial charge in [0, 0.05) is 37.3 Å². The van der Waals surface area contributed by atoms with Crippen LogP contribution < -0.4 is 4.74 Å². The number of ether oxygens (including phenoxy) is 1. The van der Waals surface area contributed by atoms with Gasteiger partial charge in [-0.3, -0.25) is 4.79 Å². The second kappa shape index (κ2) is 10.0. The maximum atomic E-state index is 13.5. The highest BCUT2D eigenvalue weighted by atomic mass is 16.5. The number of aliphatic hydroxyl groups is 2. The highest BCUT2D eigenvalue weighted by molar-refractivity contribution is 5.97. The molecule has 180 valence electrons. The van der Waals surface area contributed by atoms with Crippen LogP contribution in [0.25, 0.3) is 0 Å². The van der Waals surface area contributed by atoms with Crippen LogP contribution >= 0.6 is 0 Å². The van der Waals surface area contributed by atoms with Crippen molar-refractivity contribution in [1.29, 1.82) is 0 Å². The number of hydrogen-bond acceptors (Lipinski definition) is 6. The number of amides is 1. The summed E-state index contributed by atoms with van der Waals surface area (Å²) in [6.45, 7) is 6.14. The number of nitrogens with zero attached hydrogens (tertiary/aromatic N) is 3. The van der Waals surface area contributed by atoms with E-state index in [0.29, 0.717) is 36.4 Å². The average Bonchev–Trinajstić information content (AvgIpc) is 3.50. The molecular formula is C26H37N3O4. The van der Waals surface area contributed by atoms with Gasteiger partial charge in [-0.1, -0.05) is 18.8 Å². The van der Waals surface area contributed by atoms with Crippen LogP contribution in [0.1, 0.15) is 68.3 Å². The van der Waals surface area contributed by atoms with Gasteiger partial charge in [0.15, 0.2) is 0 Å². The van der Waals surface area contributed by atoms with Gasteiger partial charge in [-0.15, -0.1) is 0 Å². The minimum atomic E-state index is -0.950. The van der Waals surface area contributed by atoms with Gasteiger partial charge in [0.05, 0.1) is 12.6 Å². The molecular weight excluding hydrogens is 418 g/mol. The molecule has 3 atom stereocenters. The molecule has 1 amide bonds. The smallest absolute Gasteiger partial charge is 0.259 e. The first-order valence-electron chi connectivity index (χ1n) is 12.3. The highest BCUT2D eigenvalue weighted by Gasteiger charge is 2.35. The van der Waals surface area contributed by atoms with Crippen LogP contribution in [0.2, 0.25) is 0 Å². The molecule has 2 aliphatic carbocycles. The van der Waals surface area contributed by atoms with E-state index in [1.54, 1.807) is 17.2 Å². The van der Waals surface area contributed by atoms with Gasteiger partial charge in [0.25, 0.3) is 5.91 Å². The quantitative estimate of drug-likeness (QED) is 0.641. The predicted octanol–water partition coefficient (Wildman–Crippen LogP) is 2.30. The number of pyridine rings is 1. The first kappa shape index (κ1) is 24.0. The van der Waals surface area contributed by atoms with Crippen molar-refractivity contribution in [3.63, 3.8) is 0 Å². The van der Waals surface area contributed by atoms with Gasteiger partial charge in [-0.05, 0) is 64.5 Å². The summed E-state index contributed by atoms with van der Waals surface area (Å²) in [5, 5.41) is 20.4. The second-order valence-electron chi connectivity index (χ2n) is 10.4.